The van der Waals surface area contributed by atoms with Crippen molar-refractivity contribution in [2.75, 3.05) is 0 Å². The second-order valence-electron chi connectivity index (χ2n) is 4.39. The molecule has 1 atom stereocenters. The van der Waals surface area contributed by atoms with E-state index >= 15 is 0 Å². The van der Waals surface area contributed by atoms with Crippen LogP contribution in [0.1, 0.15) is 22.0 Å². The molecular formula is C15H14N2O3S. The minimum atomic E-state index is -0.687. The van der Waals surface area contributed by atoms with Crippen LogP contribution in [0.5, 0.6) is 11.5 Å². The van der Waals surface area contributed by atoms with Crippen LogP contribution in [-0.2, 0) is 0 Å². The Morgan fingerprint density at radius 3 is 2.14 bits per heavy atom. The maximum Gasteiger partial charge on any atom is 0.259 e. The molecule has 108 valence electrons. The quantitative estimate of drug-likeness (QED) is 0.647. The van der Waals surface area contributed by atoms with Gasteiger partial charge in [-0.2, -0.15) is 0 Å². The van der Waals surface area contributed by atoms with Crippen LogP contribution in [0, 0.1) is 0 Å². The van der Waals surface area contributed by atoms with E-state index in [2.05, 4.69) is 5.32 Å². The Hall–Kier alpha value is -2.60. The van der Waals surface area contributed by atoms with Gasteiger partial charge < -0.3 is 21.3 Å². The number of benzene rings is 2. The summed E-state index contributed by atoms with van der Waals surface area (Å²) in [5, 5.41) is 22.0. The van der Waals surface area contributed by atoms with E-state index in [4.69, 9.17) is 18.0 Å². The van der Waals surface area contributed by atoms with E-state index in [-0.39, 0.29) is 22.1 Å². The molecule has 0 heterocycles. The molecule has 0 aliphatic heterocycles. The number of amides is 1. The fraction of sp³-hybridized carbons (Fsp3) is 0.0667. The number of aromatic hydroxyl groups is 2. The van der Waals surface area contributed by atoms with Crippen LogP contribution >= 0.6 is 12.2 Å². The smallest absolute Gasteiger partial charge is 0.259 e. The van der Waals surface area contributed by atoms with Crippen molar-refractivity contribution < 1.29 is 15.0 Å². The van der Waals surface area contributed by atoms with Gasteiger partial charge in [-0.1, -0.05) is 48.6 Å². The van der Waals surface area contributed by atoms with E-state index in [1.807, 2.05) is 6.07 Å². The SMILES string of the molecule is NC(=S)C(NC(=O)c1c(O)cccc1O)c1ccccc1. The average Bonchev–Trinajstić information content (AvgIpc) is 2.45. The molecule has 0 saturated carbocycles. The Labute approximate surface area is 127 Å². The highest BCUT2D eigenvalue weighted by atomic mass is 32.1. The highest BCUT2D eigenvalue weighted by molar-refractivity contribution is 7.80. The number of rotatable bonds is 4. The molecule has 2 aromatic rings. The zero-order chi connectivity index (χ0) is 15.4. The molecule has 6 heteroatoms. The Morgan fingerprint density at radius 1 is 1.05 bits per heavy atom. The van der Waals surface area contributed by atoms with Crippen LogP contribution < -0.4 is 11.1 Å². The van der Waals surface area contributed by atoms with Crippen molar-refractivity contribution in [3.63, 3.8) is 0 Å². The molecule has 5 nitrogen and oxygen atoms in total. The van der Waals surface area contributed by atoms with Gasteiger partial charge in [-0.05, 0) is 17.7 Å². The van der Waals surface area contributed by atoms with Crippen molar-refractivity contribution in [3.05, 3.63) is 59.7 Å². The molecular weight excluding hydrogens is 288 g/mol. The minimum absolute atomic E-state index is 0.0875. The molecule has 0 bridgehead atoms. The molecule has 1 unspecified atom stereocenters. The summed E-state index contributed by atoms with van der Waals surface area (Å²) in [6, 6.07) is 12.3. The first-order valence-electron chi connectivity index (χ1n) is 6.16. The summed E-state index contributed by atoms with van der Waals surface area (Å²) in [4.78, 5) is 12.3. The molecule has 0 aliphatic rings. The second kappa shape index (κ2) is 6.23. The van der Waals surface area contributed by atoms with E-state index < -0.39 is 11.9 Å². The summed E-state index contributed by atoms with van der Waals surface area (Å²) in [7, 11) is 0. The van der Waals surface area contributed by atoms with Crippen molar-refractivity contribution >= 4 is 23.1 Å². The monoisotopic (exact) mass is 302 g/mol. The number of hydrogen-bond acceptors (Lipinski definition) is 4. The summed E-state index contributed by atoms with van der Waals surface area (Å²) in [6.45, 7) is 0. The fourth-order valence-electron chi connectivity index (χ4n) is 1.93. The number of hydrogen-bond donors (Lipinski definition) is 4. The lowest BCUT2D eigenvalue weighted by atomic mass is 10.1. The molecule has 5 N–H and O–H groups in total. The van der Waals surface area contributed by atoms with E-state index in [1.165, 1.54) is 18.2 Å². The Morgan fingerprint density at radius 2 is 1.62 bits per heavy atom. The van der Waals surface area contributed by atoms with E-state index in [0.29, 0.717) is 5.56 Å². The molecule has 2 rings (SSSR count). The normalized spacial score (nSPS) is 11.6. The number of carbonyl (C=O) groups is 1. The molecule has 0 saturated heterocycles. The van der Waals surface area contributed by atoms with Gasteiger partial charge in [0.15, 0.2) is 0 Å². The lowest BCUT2D eigenvalue weighted by Crippen LogP contribution is -2.36. The van der Waals surface area contributed by atoms with Gasteiger partial charge in [-0.15, -0.1) is 0 Å². The first-order chi connectivity index (χ1) is 10.0. The Bertz CT molecular complexity index is 654. The highest BCUT2D eigenvalue weighted by Crippen LogP contribution is 2.27. The lowest BCUT2D eigenvalue weighted by molar-refractivity contribution is 0.0941. The van der Waals surface area contributed by atoms with Gasteiger partial charge in [-0.25, -0.2) is 0 Å². The Balaban J connectivity index is 2.30. The maximum atomic E-state index is 12.2. The standard InChI is InChI=1S/C15H14N2O3S/c16-14(21)13(9-5-2-1-3-6-9)17-15(20)12-10(18)7-4-8-11(12)19/h1-8,13,18-19H,(H2,16,21)(H,17,20). The van der Waals surface area contributed by atoms with E-state index in [0.717, 1.165) is 0 Å². The van der Waals surface area contributed by atoms with Crippen molar-refractivity contribution in [1.82, 2.24) is 5.32 Å². The average molecular weight is 302 g/mol. The summed E-state index contributed by atoms with van der Waals surface area (Å²) < 4.78 is 0. The second-order valence-corrected chi connectivity index (χ2v) is 4.86. The first-order valence-corrected chi connectivity index (χ1v) is 6.57. The molecule has 0 aliphatic carbocycles. The van der Waals surface area contributed by atoms with Crippen molar-refractivity contribution in [2.24, 2.45) is 5.73 Å². The first kappa shape index (κ1) is 14.8. The van der Waals surface area contributed by atoms with Crippen LogP contribution in [0.15, 0.2) is 48.5 Å². The van der Waals surface area contributed by atoms with E-state index in [1.54, 1.807) is 24.3 Å². The van der Waals surface area contributed by atoms with Gasteiger partial charge >= 0.3 is 0 Å². The molecule has 2 aromatic carbocycles. The summed E-state index contributed by atoms with van der Waals surface area (Å²) in [5.74, 6) is -1.29. The minimum Gasteiger partial charge on any atom is -0.507 e. The number of phenols is 2. The van der Waals surface area contributed by atoms with Gasteiger partial charge in [0.2, 0.25) is 0 Å². The number of carbonyl (C=O) groups excluding carboxylic acids is 1. The summed E-state index contributed by atoms with van der Waals surface area (Å²) in [6.07, 6.45) is 0. The third kappa shape index (κ3) is 3.29. The molecule has 0 fully saturated rings. The third-order valence-corrected chi connectivity index (χ3v) is 3.18. The fourth-order valence-corrected chi connectivity index (χ4v) is 2.12. The van der Waals surface area contributed by atoms with Crippen LogP contribution in [0.3, 0.4) is 0 Å². The number of nitrogens with two attached hydrogens (primary N) is 1. The van der Waals surface area contributed by atoms with Gasteiger partial charge in [0.1, 0.15) is 28.1 Å². The van der Waals surface area contributed by atoms with Crippen LogP contribution in [-0.4, -0.2) is 21.1 Å². The van der Waals surface area contributed by atoms with Crippen LogP contribution in [0.4, 0.5) is 0 Å². The van der Waals surface area contributed by atoms with Crippen molar-refractivity contribution in [3.8, 4) is 11.5 Å². The van der Waals surface area contributed by atoms with Crippen LogP contribution in [0.25, 0.3) is 0 Å². The van der Waals surface area contributed by atoms with Gasteiger partial charge in [-0.3, -0.25) is 4.79 Å². The molecule has 0 aromatic heterocycles. The molecule has 0 radical (unpaired) electrons. The summed E-state index contributed by atoms with van der Waals surface area (Å²) in [5.41, 5.74) is 6.17. The zero-order valence-electron chi connectivity index (χ0n) is 11.0. The number of phenolic OH excluding ortho intramolecular Hbond substituents is 2. The maximum absolute atomic E-state index is 12.2. The summed E-state index contributed by atoms with van der Waals surface area (Å²) >= 11 is 4.97. The highest BCUT2D eigenvalue weighted by Gasteiger charge is 2.22. The molecule has 1 amide bonds. The predicted molar refractivity (Wildman–Crippen MR) is 83.2 cm³/mol. The number of thiocarbonyl (C=S) groups is 1. The van der Waals surface area contributed by atoms with E-state index in [9.17, 15) is 15.0 Å². The van der Waals surface area contributed by atoms with Crippen molar-refractivity contribution in [2.45, 2.75) is 6.04 Å². The van der Waals surface area contributed by atoms with Gasteiger partial charge in [0.25, 0.3) is 5.91 Å². The van der Waals surface area contributed by atoms with Gasteiger partial charge in [0, 0.05) is 0 Å². The van der Waals surface area contributed by atoms with Crippen LogP contribution in [0.2, 0.25) is 0 Å². The lowest BCUT2D eigenvalue weighted by Gasteiger charge is -2.18. The predicted octanol–water partition coefficient (Wildman–Crippen LogP) is 1.85. The third-order valence-electron chi connectivity index (χ3n) is 2.94. The topological polar surface area (TPSA) is 95.6 Å². The molecule has 21 heavy (non-hydrogen) atoms. The van der Waals surface area contributed by atoms with Gasteiger partial charge in [0.05, 0.1) is 0 Å². The number of nitrogens with one attached hydrogen (secondary N) is 1. The largest absolute Gasteiger partial charge is 0.507 e. The molecule has 0 spiro atoms. The van der Waals surface area contributed by atoms with Crippen molar-refractivity contribution in [1.29, 1.82) is 0 Å². The zero-order valence-corrected chi connectivity index (χ0v) is 11.8. The Kier molecular flexibility index (Phi) is 4.39.